The zero-order valence-electron chi connectivity index (χ0n) is 7.50. The lowest BCUT2D eigenvalue weighted by molar-refractivity contribution is 0.0595. The van der Waals surface area contributed by atoms with Crippen molar-refractivity contribution < 1.29 is 13.9 Å². The van der Waals surface area contributed by atoms with Crippen molar-refractivity contribution in [3.05, 3.63) is 29.1 Å². The van der Waals surface area contributed by atoms with E-state index in [0.29, 0.717) is 0 Å². The third kappa shape index (κ3) is 1.71. The number of nitrogens with two attached hydrogens (primary N) is 1. The van der Waals surface area contributed by atoms with Crippen molar-refractivity contribution in [1.29, 1.82) is 5.41 Å². The average Bonchev–Trinajstić information content (AvgIpc) is 2.17. The van der Waals surface area contributed by atoms with E-state index in [1.165, 1.54) is 6.07 Å². The third-order valence-electron chi connectivity index (χ3n) is 1.73. The summed E-state index contributed by atoms with van der Waals surface area (Å²) < 4.78 is 17.5. The van der Waals surface area contributed by atoms with Gasteiger partial charge in [0, 0.05) is 17.5 Å². The van der Waals surface area contributed by atoms with Gasteiger partial charge >= 0.3 is 5.97 Å². The molecule has 0 aliphatic heterocycles. The highest BCUT2D eigenvalue weighted by Gasteiger charge is 2.14. The summed E-state index contributed by atoms with van der Waals surface area (Å²) in [6, 6.07) is 2.18. The lowest BCUT2D eigenvalue weighted by Crippen LogP contribution is -2.07. The second-order valence-corrected chi connectivity index (χ2v) is 2.60. The maximum absolute atomic E-state index is 13.1. The Morgan fingerprint density at radius 3 is 2.79 bits per heavy atom. The normalized spacial score (nSPS) is 9.57. The molecule has 3 N–H and O–H groups in total. The van der Waals surface area contributed by atoms with Gasteiger partial charge < -0.3 is 15.9 Å². The molecule has 0 amide bonds. The Morgan fingerprint density at radius 1 is 1.64 bits per heavy atom. The van der Waals surface area contributed by atoms with Crippen LogP contribution in [-0.4, -0.2) is 19.3 Å². The van der Waals surface area contributed by atoms with Crippen molar-refractivity contribution in [1.82, 2.24) is 0 Å². The molecule has 0 aromatic heterocycles. The highest BCUT2D eigenvalue weighted by Crippen LogP contribution is 2.17. The van der Waals surface area contributed by atoms with Crippen molar-refractivity contribution in [2.24, 2.45) is 0 Å². The fourth-order valence-corrected chi connectivity index (χ4v) is 0.997. The molecule has 1 aromatic carbocycles. The first-order valence-electron chi connectivity index (χ1n) is 3.78. The number of hydrogen-bond acceptors (Lipinski definition) is 4. The van der Waals surface area contributed by atoms with Crippen LogP contribution in [0.2, 0.25) is 0 Å². The Balaban J connectivity index is 3.30. The molecule has 4 nitrogen and oxygen atoms in total. The fraction of sp³-hybridized carbons (Fsp3) is 0.111. The zero-order chi connectivity index (χ0) is 10.7. The van der Waals surface area contributed by atoms with Gasteiger partial charge in [0.15, 0.2) is 0 Å². The standard InChI is InChI=1S/C9H9FN2O2/c1-14-9(13)6-2-5(4-11)8(12)3-7(6)10/h2-4,11H,12H2,1H3. The smallest absolute Gasteiger partial charge is 0.340 e. The number of nitrogens with one attached hydrogen (secondary N) is 1. The van der Waals surface area contributed by atoms with Crippen molar-refractivity contribution in [3.63, 3.8) is 0 Å². The number of methoxy groups -OCH3 is 1. The number of rotatable bonds is 2. The van der Waals surface area contributed by atoms with Gasteiger partial charge in [0.05, 0.1) is 12.7 Å². The van der Waals surface area contributed by atoms with Crippen LogP contribution in [0.25, 0.3) is 0 Å². The summed E-state index contributed by atoms with van der Waals surface area (Å²) in [7, 11) is 1.15. The van der Waals surface area contributed by atoms with E-state index in [4.69, 9.17) is 11.1 Å². The van der Waals surface area contributed by atoms with Crippen LogP contribution in [0.4, 0.5) is 10.1 Å². The molecule has 0 radical (unpaired) electrons. The quantitative estimate of drug-likeness (QED) is 0.423. The number of benzene rings is 1. The second-order valence-electron chi connectivity index (χ2n) is 2.60. The SMILES string of the molecule is COC(=O)c1cc(C=N)c(N)cc1F. The average molecular weight is 196 g/mol. The monoisotopic (exact) mass is 196 g/mol. The molecule has 0 fully saturated rings. The molecule has 1 aromatic rings. The summed E-state index contributed by atoms with van der Waals surface area (Å²) in [6.07, 6.45) is 0.946. The number of halogens is 1. The first kappa shape index (κ1) is 10.2. The van der Waals surface area contributed by atoms with Crippen LogP contribution >= 0.6 is 0 Å². The van der Waals surface area contributed by atoms with Crippen molar-refractivity contribution >= 4 is 17.9 Å². The number of carbonyl (C=O) groups is 1. The Kier molecular flexibility index (Phi) is 2.81. The molecule has 0 atom stereocenters. The number of ether oxygens (including phenoxy) is 1. The van der Waals surface area contributed by atoms with Crippen LogP contribution in [-0.2, 0) is 4.74 Å². The lowest BCUT2D eigenvalue weighted by atomic mass is 10.1. The van der Waals surface area contributed by atoms with Crippen LogP contribution in [0.3, 0.4) is 0 Å². The van der Waals surface area contributed by atoms with E-state index in [9.17, 15) is 9.18 Å². The number of carbonyl (C=O) groups excluding carboxylic acids is 1. The van der Waals surface area contributed by atoms with Gasteiger partial charge in [-0.25, -0.2) is 9.18 Å². The van der Waals surface area contributed by atoms with E-state index in [1.54, 1.807) is 0 Å². The zero-order valence-corrected chi connectivity index (χ0v) is 7.50. The van der Waals surface area contributed by atoms with Crippen LogP contribution in [0.1, 0.15) is 15.9 Å². The Bertz CT molecular complexity index is 391. The predicted octanol–water partition coefficient (Wildman–Crippen LogP) is 1.19. The summed E-state index contributed by atoms with van der Waals surface area (Å²) >= 11 is 0. The number of esters is 1. The summed E-state index contributed by atoms with van der Waals surface area (Å²) in [4.78, 5) is 11.0. The molecular formula is C9H9FN2O2. The molecule has 0 heterocycles. The van der Waals surface area contributed by atoms with Gasteiger partial charge in [0.2, 0.25) is 0 Å². The van der Waals surface area contributed by atoms with Crippen LogP contribution < -0.4 is 5.73 Å². The summed E-state index contributed by atoms with van der Waals surface area (Å²) in [6.45, 7) is 0. The van der Waals surface area contributed by atoms with Crippen LogP contribution in [0, 0.1) is 11.2 Å². The van der Waals surface area contributed by atoms with E-state index < -0.39 is 11.8 Å². The number of hydrogen-bond donors (Lipinski definition) is 2. The predicted molar refractivity (Wildman–Crippen MR) is 50.0 cm³/mol. The maximum atomic E-state index is 13.1. The second kappa shape index (κ2) is 3.87. The molecule has 5 heteroatoms. The van der Waals surface area contributed by atoms with E-state index in [0.717, 1.165) is 19.4 Å². The molecule has 0 saturated carbocycles. The van der Waals surface area contributed by atoms with Gasteiger partial charge in [-0.05, 0) is 12.1 Å². The molecule has 0 aliphatic rings. The van der Waals surface area contributed by atoms with Crippen LogP contribution in [0.15, 0.2) is 12.1 Å². The lowest BCUT2D eigenvalue weighted by Gasteiger charge is -2.04. The molecule has 74 valence electrons. The van der Waals surface area contributed by atoms with Gasteiger partial charge in [-0.1, -0.05) is 0 Å². The molecule has 1 rings (SSSR count). The highest BCUT2D eigenvalue weighted by molar-refractivity contribution is 5.94. The van der Waals surface area contributed by atoms with Gasteiger partial charge in [0.25, 0.3) is 0 Å². The van der Waals surface area contributed by atoms with Crippen molar-refractivity contribution in [2.75, 3.05) is 12.8 Å². The molecule has 0 spiro atoms. The molecule has 0 aliphatic carbocycles. The molecule has 0 unspecified atom stereocenters. The minimum atomic E-state index is -0.786. The summed E-state index contributed by atoms with van der Waals surface area (Å²) in [5.41, 5.74) is 5.58. The van der Waals surface area contributed by atoms with Crippen LogP contribution in [0.5, 0.6) is 0 Å². The summed E-state index contributed by atoms with van der Waals surface area (Å²) in [5.74, 6) is -1.54. The Hall–Kier alpha value is -1.91. The van der Waals surface area contributed by atoms with E-state index in [2.05, 4.69) is 4.74 Å². The third-order valence-corrected chi connectivity index (χ3v) is 1.73. The van der Waals surface area contributed by atoms with Crippen molar-refractivity contribution in [2.45, 2.75) is 0 Å². The van der Waals surface area contributed by atoms with E-state index >= 15 is 0 Å². The number of anilines is 1. The first-order chi connectivity index (χ1) is 6.60. The van der Waals surface area contributed by atoms with Gasteiger partial charge in [0.1, 0.15) is 5.82 Å². The fourth-order valence-electron chi connectivity index (χ4n) is 0.997. The molecule has 0 bridgehead atoms. The minimum absolute atomic E-state index is 0.116. The molecule has 14 heavy (non-hydrogen) atoms. The van der Waals surface area contributed by atoms with Gasteiger partial charge in [-0.2, -0.15) is 0 Å². The van der Waals surface area contributed by atoms with E-state index in [-0.39, 0.29) is 16.8 Å². The summed E-state index contributed by atoms with van der Waals surface area (Å²) in [5, 5.41) is 6.97. The molecule has 0 saturated heterocycles. The number of nitrogen functional groups attached to an aromatic ring is 1. The minimum Gasteiger partial charge on any atom is -0.465 e. The Morgan fingerprint density at radius 2 is 2.29 bits per heavy atom. The van der Waals surface area contributed by atoms with Gasteiger partial charge in [-0.3, -0.25) is 0 Å². The Labute approximate surface area is 80.0 Å². The van der Waals surface area contributed by atoms with E-state index in [1.807, 2.05) is 0 Å². The highest BCUT2D eigenvalue weighted by atomic mass is 19.1. The maximum Gasteiger partial charge on any atom is 0.340 e. The van der Waals surface area contributed by atoms with Crippen molar-refractivity contribution in [3.8, 4) is 0 Å². The molecular weight excluding hydrogens is 187 g/mol. The topological polar surface area (TPSA) is 76.2 Å². The first-order valence-corrected chi connectivity index (χ1v) is 3.78. The largest absolute Gasteiger partial charge is 0.465 e. The van der Waals surface area contributed by atoms with Gasteiger partial charge in [-0.15, -0.1) is 0 Å².